The quantitative estimate of drug-likeness (QED) is 0.888. The molecule has 0 radical (unpaired) electrons. The molecule has 2 unspecified atom stereocenters. The van der Waals surface area contributed by atoms with Crippen LogP contribution >= 0.6 is 0 Å². The molecule has 1 aromatic carbocycles. The lowest BCUT2D eigenvalue weighted by Crippen LogP contribution is -2.31. The molecule has 21 heavy (non-hydrogen) atoms. The fraction of sp³-hybridized carbons (Fsp3) is 0.353. The third kappa shape index (κ3) is 4.34. The number of pyridine rings is 1. The maximum Gasteiger partial charge on any atom is 0.127 e. The predicted molar refractivity (Wildman–Crippen MR) is 83.1 cm³/mol. The van der Waals surface area contributed by atoms with Crippen molar-refractivity contribution in [3.63, 3.8) is 0 Å². The van der Waals surface area contributed by atoms with Crippen molar-refractivity contribution in [2.75, 3.05) is 13.6 Å². The SMILES string of the molecule is CC(CN(C)Cc1ccncc1)C(N)c1ccccc1F. The van der Waals surface area contributed by atoms with E-state index in [-0.39, 0.29) is 17.8 Å². The van der Waals surface area contributed by atoms with Gasteiger partial charge in [0.2, 0.25) is 0 Å². The maximum absolute atomic E-state index is 13.8. The Balaban J connectivity index is 1.94. The summed E-state index contributed by atoms with van der Waals surface area (Å²) in [4.78, 5) is 6.21. The second-order valence-electron chi connectivity index (χ2n) is 5.58. The average molecular weight is 287 g/mol. The van der Waals surface area contributed by atoms with E-state index in [0.717, 1.165) is 13.1 Å². The summed E-state index contributed by atoms with van der Waals surface area (Å²) < 4.78 is 13.8. The van der Waals surface area contributed by atoms with E-state index >= 15 is 0 Å². The number of rotatable bonds is 6. The lowest BCUT2D eigenvalue weighted by atomic mass is 9.94. The van der Waals surface area contributed by atoms with Crippen molar-refractivity contribution in [2.45, 2.75) is 19.5 Å². The van der Waals surface area contributed by atoms with Gasteiger partial charge in [-0.15, -0.1) is 0 Å². The molecule has 0 spiro atoms. The summed E-state index contributed by atoms with van der Waals surface area (Å²) in [6.45, 7) is 3.69. The molecule has 2 atom stereocenters. The number of nitrogens with zero attached hydrogens (tertiary/aromatic N) is 2. The summed E-state index contributed by atoms with van der Waals surface area (Å²) in [5.74, 6) is -0.0672. The Morgan fingerprint density at radius 3 is 2.52 bits per heavy atom. The molecule has 0 fully saturated rings. The monoisotopic (exact) mass is 287 g/mol. The summed E-state index contributed by atoms with van der Waals surface area (Å²) in [6.07, 6.45) is 3.58. The van der Waals surface area contributed by atoms with Gasteiger partial charge in [0, 0.05) is 37.1 Å². The highest BCUT2D eigenvalue weighted by Crippen LogP contribution is 2.22. The summed E-state index contributed by atoms with van der Waals surface area (Å²) in [5.41, 5.74) is 8.00. The van der Waals surface area contributed by atoms with Gasteiger partial charge in [0.05, 0.1) is 0 Å². The van der Waals surface area contributed by atoms with Crippen LogP contribution < -0.4 is 5.73 Å². The molecule has 0 amide bonds. The molecular formula is C17H22FN3. The van der Waals surface area contributed by atoms with Crippen LogP contribution in [0.1, 0.15) is 24.1 Å². The Kier molecular flexibility index (Phi) is 5.42. The van der Waals surface area contributed by atoms with Crippen molar-refractivity contribution in [1.82, 2.24) is 9.88 Å². The molecule has 112 valence electrons. The Morgan fingerprint density at radius 1 is 1.19 bits per heavy atom. The van der Waals surface area contributed by atoms with Gasteiger partial charge in [-0.3, -0.25) is 4.98 Å². The van der Waals surface area contributed by atoms with E-state index in [4.69, 9.17) is 5.73 Å². The average Bonchev–Trinajstić information content (AvgIpc) is 2.48. The molecule has 2 aromatic rings. The number of hydrogen-bond donors (Lipinski definition) is 1. The highest BCUT2D eigenvalue weighted by molar-refractivity contribution is 5.21. The molecular weight excluding hydrogens is 265 g/mol. The molecule has 2 rings (SSSR count). The van der Waals surface area contributed by atoms with Crippen LogP contribution in [0.3, 0.4) is 0 Å². The Hall–Kier alpha value is -1.78. The molecule has 0 bridgehead atoms. The van der Waals surface area contributed by atoms with Crippen molar-refractivity contribution in [1.29, 1.82) is 0 Å². The second kappa shape index (κ2) is 7.29. The van der Waals surface area contributed by atoms with Crippen molar-refractivity contribution >= 4 is 0 Å². The van der Waals surface area contributed by atoms with E-state index in [1.54, 1.807) is 24.5 Å². The first-order chi connectivity index (χ1) is 10.1. The minimum atomic E-state index is -0.300. The van der Waals surface area contributed by atoms with Crippen LogP contribution in [0, 0.1) is 11.7 Å². The predicted octanol–water partition coefficient (Wildman–Crippen LogP) is 2.99. The topological polar surface area (TPSA) is 42.2 Å². The van der Waals surface area contributed by atoms with Gasteiger partial charge in [-0.25, -0.2) is 4.39 Å². The molecule has 0 aliphatic rings. The van der Waals surface area contributed by atoms with Gasteiger partial charge in [0.1, 0.15) is 5.82 Å². The molecule has 0 aliphatic carbocycles. The Bertz CT molecular complexity index is 559. The summed E-state index contributed by atoms with van der Waals surface area (Å²) >= 11 is 0. The highest BCUT2D eigenvalue weighted by Gasteiger charge is 2.19. The second-order valence-corrected chi connectivity index (χ2v) is 5.58. The van der Waals surface area contributed by atoms with E-state index in [1.165, 1.54) is 11.6 Å². The van der Waals surface area contributed by atoms with Crippen LogP contribution in [-0.2, 0) is 6.54 Å². The first kappa shape index (κ1) is 15.6. The van der Waals surface area contributed by atoms with Gasteiger partial charge in [-0.1, -0.05) is 25.1 Å². The molecule has 1 aromatic heterocycles. The van der Waals surface area contributed by atoms with Gasteiger partial charge in [0.25, 0.3) is 0 Å². The van der Waals surface area contributed by atoms with Gasteiger partial charge in [-0.2, -0.15) is 0 Å². The Labute approximate surface area is 125 Å². The van der Waals surface area contributed by atoms with Gasteiger partial charge in [0.15, 0.2) is 0 Å². The molecule has 4 heteroatoms. The van der Waals surface area contributed by atoms with Crippen LogP contribution in [0.5, 0.6) is 0 Å². The zero-order valence-electron chi connectivity index (χ0n) is 12.5. The minimum absolute atomic E-state index is 0.161. The molecule has 0 aliphatic heterocycles. The first-order valence-electron chi connectivity index (χ1n) is 7.15. The van der Waals surface area contributed by atoms with E-state index in [9.17, 15) is 4.39 Å². The largest absolute Gasteiger partial charge is 0.324 e. The molecule has 3 nitrogen and oxygen atoms in total. The normalized spacial score (nSPS) is 14.1. The summed E-state index contributed by atoms with van der Waals surface area (Å²) in [5, 5.41) is 0. The lowest BCUT2D eigenvalue weighted by Gasteiger charge is -2.26. The first-order valence-corrected chi connectivity index (χ1v) is 7.15. The fourth-order valence-electron chi connectivity index (χ4n) is 2.52. The Morgan fingerprint density at radius 2 is 1.86 bits per heavy atom. The van der Waals surface area contributed by atoms with Crippen LogP contribution in [0.25, 0.3) is 0 Å². The smallest absolute Gasteiger partial charge is 0.127 e. The number of halogens is 1. The van der Waals surface area contributed by atoms with Crippen LogP contribution in [0.2, 0.25) is 0 Å². The van der Waals surface area contributed by atoms with Gasteiger partial charge < -0.3 is 10.6 Å². The van der Waals surface area contributed by atoms with Crippen molar-refractivity contribution < 1.29 is 4.39 Å². The van der Waals surface area contributed by atoms with Crippen LogP contribution in [0.15, 0.2) is 48.8 Å². The number of nitrogens with two attached hydrogens (primary N) is 1. The van der Waals surface area contributed by atoms with Gasteiger partial charge in [-0.05, 0) is 36.7 Å². The summed E-state index contributed by atoms with van der Waals surface area (Å²) in [7, 11) is 2.05. The number of hydrogen-bond acceptors (Lipinski definition) is 3. The molecule has 1 heterocycles. The van der Waals surface area contributed by atoms with Gasteiger partial charge >= 0.3 is 0 Å². The van der Waals surface area contributed by atoms with E-state index < -0.39 is 0 Å². The van der Waals surface area contributed by atoms with E-state index in [2.05, 4.69) is 16.8 Å². The minimum Gasteiger partial charge on any atom is -0.324 e. The molecule has 0 saturated heterocycles. The third-order valence-electron chi connectivity index (χ3n) is 3.68. The lowest BCUT2D eigenvalue weighted by molar-refractivity contribution is 0.256. The molecule has 2 N–H and O–H groups in total. The van der Waals surface area contributed by atoms with Crippen LogP contribution in [-0.4, -0.2) is 23.5 Å². The standard InChI is InChI=1S/C17H22FN3/c1-13(17(19)15-5-3-4-6-16(15)18)11-21(2)12-14-7-9-20-10-8-14/h3-10,13,17H,11-12,19H2,1-2H3. The van der Waals surface area contributed by atoms with E-state index in [0.29, 0.717) is 5.56 Å². The van der Waals surface area contributed by atoms with Crippen molar-refractivity contribution in [3.8, 4) is 0 Å². The van der Waals surface area contributed by atoms with E-state index in [1.807, 2.05) is 25.2 Å². The third-order valence-corrected chi connectivity index (χ3v) is 3.68. The highest BCUT2D eigenvalue weighted by atomic mass is 19.1. The number of aromatic nitrogens is 1. The zero-order valence-corrected chi connectivity index (χ0v) is 12.5. The molecule has 0 saturated carbocycles. The summed E-state index contributed by atoms with van der Waals surface area (Å²) in [6, 6.07) is 10.4. The zero-order chi connectivity index (χ0) is 15.2. The number of benzene rings is 1. The van der Waals surface area contributed by atoms with Crippen LogP contribution in [0.4, 0.5) is 4.39 Å². The fourth-order valence-corrected chi connectivity index (χ4v) is 2.52. The van der Waals surface area contributed by atoms with Crippen molar-refractivity contribution in [2.24, 2.45) is 11.7 Å². The maximum atomic E-state index is 13.8. The van der Waals surface area contributed by atoms with Crippen molar-refractivity contribution in [3.05, 3.63) is 65.7 Å².